The van der Waals surface area contributed by atoms with Gasteiger partial charge < -0.3 is 10.0 Å². The summed E-state index contributed by atoms with van der Waals surface area (Å²) in [5.74, 6) is -0.595. The Kier molecular flexibility index (Phi) is 4.70. The van der Waals surface area contributed by atoms with Crippen LogP contribution in [0.25, 0.3) is 0 Å². The van der Waals surface area contributed by atoms with Gasteiger partial charge in [0, 0.05) is 11.3 Å². The van der Waals surface area contributed by atoms with E-state index in [0.29, 0.717) is 18.7 Å². The number of thioether (sulfide) groups is 1. The van der Waals surface area contributed by atoms with E-state index in [1.807, 2.05) is 0 Å². The molecular weight excluding hydrogens is 250 g/mol. The summed E-state index contributed by atoms with van der Waals surface area (Å²) in [7, 11) is 0. The molecule has 104 valence electrons. The summed E-state index contributed by atoms with van der Waals surface area (Å²) in [5, 5.41) is 9.34. The Balaban J connectivity index is 2.72. The van der Waals surface area contributed by atoms with Gasteiger partial charge in [0.2, 0.25) is 5.91 Å². The van der Waals surface area contributed by atoms with Crippen LogP contribution in [0.5, 0.6) is 0 Å². The van der Waals surface area contributed by atoms with Crippen LogP contribution in [0.15, 0.2) is 0 Å². The number of likely N-dealkylation sites (tertiary alicyclic amines) is 1. The van der Waals surface area contributed by atoms with Crippen molar-refractivity contribution in [2.24, 2.45) is 0 Å². The average Bonchev–Trinajstić information content (AvgIpc) is 2.25. The van der Waals surface area contributed by atoms with Crippen molar-refractivity contribution < 1.29 is 14.7 Å². The monoisotopic (exact) mass is 273 g/mol. The van der Waals surface area contributed by atoms with Gasteiger partial charge in [-0.15, -0.1) is 11.8 Å². The van der Waals surface area contributed by atoms with Crippen LogP contribution in [-0.2, 0) is 9.59 Å². The number of hydrogen-bond donors (Lipinski definition) is 1. The first-order valence-corrected chi connectivity index (χ1v) is 7.33. The van der Waals surface area contributed by atoms with Gasteiger partial charge in [-0.1, -0.05) is 20.8 Å². The minimum absolute atomic E-state index is 0.0189. The summed E-state index contributed by atoms with van der Waals surface area (Å²) in [4.78, 5) is 25.2. The van der Waals surface area contributed by atoms with E-state index in [1.165, 1.54) is 0 Å². The van der Waals surface area contributed by atoms with Gasteiger partial charge in [0.15, 0.2) is 0 Å². The van der Waals surface area contributed by atoms with Crippen LogP contribution in [0, 0.1) is 0 Å². The minimum Gasteiger partial charge on any atom is -0.480 e. The molecule has 1 rings (SSSR count). The molecule has 0 aromatic rings. The fourth-order valence-corrected chi connectivity index (χ4v) is 2.81. The second-order valence-corrected chi connectivity index (χ2v) is 7.78. The van der Waals surface area contributed by atoms with E-state index < -0.39 is 11.5 Å². The third kappa shape index (κ3) is 3.64. The van der Waals surface area contributed by atoms with Crippen molar-refractivity contribution in [1.29, 1.82) is 0 Å². The molecule has 1 fully saturated rings. The average molecular weight is 273 g/mol. The van der Waals surface area contributed by atoms with Gasteiger partial charge in [0.25, 0.3) is 0 Å². The first-order chi connectivity index (χ1) is 8.17. The molecule has 18 heavy (non-hydrogen) atoms. The highest BCUT2D eigenvalue weighted by Gasteiger charge is 2.43. The van der Waals surface area contributed by atoms with Crippen LogP contribution >= 0.6 is 11.8 Å². The van der Waals surface area contributed by atoms with Crippen molar-refractivity contribution in [3.8, 4) is 0 Å². The van der Waals surface area contributed by atoms with Crippen molar-refractivity contribution in [1.82, 2.24) is 4.90 Å². The maximum Gasteiger partial charge on any atom is 0.329 e. The lowest BCUT2D eigenvalue weighted by molar-refractivity contribution is -0.159. The van der Waals surface area contributed by atoms with E-state index in [0.717, 1.165) is 12.8 Å². The van der Waals surface area contributed by atoms with Crippen molar-refractivity contribution in [2.75, 3.05) is 12.3 Å². The summed E-state index contributed by atoms with van der Waals surface area (Å²) in [6.45, 7) is 8.38. The molecule has 1 saturated heterocycles. The molecule has 5 heteroatoms. The van der Waals surface area contributed by atoms with Crippen LogP contribution in [-0.4, -0.2) is 44.5 Å². The number of amides is 1. The van der Waals surface area contributed by atoms with Crippen molar-refractivity contribution >= 4 is 23.6 Å². The summed E-state index contributed by atoms with van der Waals surface area (Å²) in [5.41, 5.74) is -1.02. The number of rotatable bonds is 3. The number of nitrogens with zero attached hydrogens (tertiary/aromatic N) is 1. The Morgan fingerprint density at radius 1 is 1.33 bits per heavy atom. The maximum atomic E-state index is 12.2. The van der Waals surface area contributed by atoms with Gasteiger partial charge in [-0.05, 0) is 26.2 Å². The Morgan fingerprint density at radius 3 is 2.44 bits per heavy atom. The van der Waals surface area contributed by atoms with Gasteiger partial charge in [-0.25, -0.2) is 4.79 Å². The maximum absolute atomic E-state index is 12.2. The van der Waals surface area contributed by atoms with E-state index >= 15 is 0 Å². The molecule has 1 heterocycles. The number of hydrogen-bond acceptors (Lipinski definition) is 3. The van der Waals surface area contributed by atoms with Crippen LogP contribution in [0.4, 0.5) is 0 Å². The Morgan fingerprint density at radius 2 is 1.94 bits per heavy atom. The molecule has 1 N–H and O–H groups in total. The zero-order valence-corrected chi connectivity index (χ0v) is 12.5. The lowest BCUT2D eigenvalue weighted by atomic mass is 9.88. The summed E-state index contributed by atoms with van der Waals surface area (Å²) >= 11 is 1.56. The van der Waals surface area contributed by atoms with E-state index in [-0.39, 0.29) is 10.7 Å². The SMILES string of the molecule is CC(C)(C)SCC(=O)N1CCCCC1(C)C(=O)O. The molecule has 0 aliphatic carbocycles. The first-order valence-electron chi connectivity index (χ1n) is 6.35. The Bertz CT molecular complexity index is 338. The largest absolute Gasteiger partial charge is 0.480 e. The van der Waals surface area contributed by atoms with Crippen LogP contribution in [0.1, 0.15) is 47.0 Å². The summed E-state index contributed by atoms with van der Waals surface area (Å²) in [6, 6.07) is 0. The number of carboxylic acids is 1. The lowest BCUT2D eigenvalue weighted by Gasteiger charge is -2.41. The smallest absolute Gasteiger partial charge is 0.329 e. The molecule has 0 aromatic heterocycles. The number of carboxylic acid groups (broad SMARTS) is 1. The van der Waals surface area contributed by atoms with Gasteiger partial charge in [-0.3, -0.25) is 4.79 Å². The number of carbonyl (C=O) groups excluding carboxylic acids is 1. The normalized spacial score (nSPS) is 25.0. The molecule has 1 atom stereocenters. The molecule has 0 spiro atoms. The highest BCUT2D eigenvalue weighted by molar-refractivity contribution is 8.01. The van der Waals surface area contributed by atoms with E-state index in [4.69, 9.17) is 0 Å². The molecule has 0 aromatic carbocycles. The summed E-state index contributed by atoms with van der Waals surface area (Å²) < 4.78 is 0.0189. The zero-order valence-electron chi connectivity index (χ0n) is 11.7. The predicted octanol–water partition coefficient (Wildman–Crippen LogP) is 2.37. The van der Waals surface area contributed by atoms with Crippen LogP contribution in [0.2, 0.25) is 0 Å². The molecule has 4 nitrogen and oxygen atoms in total. The third-order valence-electron chi connectivity index (χ3n) is 3.28. The second kappa shape index (κ2) is 5.51. The number of carbonyl (C=O) groups is 2. The molecule has 0 saturated carbocycles. The highest BCUT2D eigenvalue weighted by Crippen LogP contribution is 2.30. The van der Waals surface area contributed by atoms with E-state index in [9.17, 15) is 14.7 Å². The standard InChI is InChI=1S/C13H23NO3S/c1-12(2,3)18-9-10(15)14-8-6-5-7-13(14,4)11(16)17/h5-9H2,1-4H3,(H,16,17). The summed E-state index contributed by atoms with van der Waals surface area (Å²) in [6.07, 6.45) is 2.32. The number of aliphatic carboxylic acids is 1. The zero-order chi connectivity index (χ0) is 14.0. The van der Waals surface area contributed by atoms with Gasteiger partial charge >= 0.3 is 5.97 Å². The molecule has 1 unspecified atom stereocenters. The molecule has 0 radical (unpaired) electrons. The van der Waals surface area contributed by atoms with Crippen molar-refractivity contribution in [2.45, 2.75) is 57.2 Å². The third-order valence-corrected chi connectivity index (χ3v) is 4.54. The quantitative estimate of drug-likeness (QED) is 0.857. The predicted molar refractivity (Wildman–Crippen MR) is 73.8 cm³/mol. The highest BCUT2D eigenvalue weighted by atomic mass is 32.2. The molecule has 1 amide bonds. The Hall–Kier alpha value is -0.710. The second-order valence-electron chi connectivity index (χ2n) is 5.98. The van der Waals surface area contributed by atoms with E-state index in [2.05, 4.69) is 20.8 Å². The molecule has 0 bridgehead atoms. The van der Waals surface area contributed by atoms with Crippen LogP contribution in [0.3, 0.4) is 0 Å². The van der Waals surface area contributed by atoms with Crippen LogP contribution < -0.4 is 0 Å². The van der Waals surface area contributed by atoms with Gasteiger partial charge in [0.1, 0.15) is 5.54 Å². The number of piperidine rings is 1. The molecule has 1 aliphatic heterocycles. The Labute approximate surface area is 113 Å². The minimum atomic E-state index is -1.02. The topological polar surface area (TPSA) is 57.6 Å². The molecule has 1 aliphatic rings. The fraction of sp³-hybridized carbons (Fsp3) is 0.846. The van der Waals surface area contributed by atoms with Crippen molar-refractivity contribution in [3.63, 3.8) is 0 Å². The van der Waals surface area contributed by atoms with Gasteiger partial charge in [0.05, 0.1) is 5.75 Å². The van der Waals surface area contributed by atoms with Gasteiger partial charge in [-0.2, -0.15) is 0 Å². The first kappa shape index (κ1) is 15.3. The van der Waals surface area contributed by atoms with E-state index in [1.54, 1.807) is 23.6 Å². The molecular formula is C13H23NO3S. The van der Waals surface area contributed by atoms with Crippen molar-refractivity contribution in [3.05, 3.63) is 0 Å². The fourth-order valence-electron chi connectivity index (χ4n) is 2.10. The lowest BCUT2D eigenvalue weighted by Crippen LogP contribution is -2.58.